The van der Waals surface area contributed by atoms with Crippen LogP contribution in [-0.2, 0) is 6.54 Å². The second-order valence-corrected chi connectivity index (χ2v) is 5.47. The van der Waals surface area contributed by atoms with Crippen molar-refractivity contribution in [2.24, 2.45) is 0 Å². The number of hydrogen-bond donors (Lipinski definition) is 0. The van der Waals surface area contributed by atoms with E-state index in [2.05, 4.69) is 0 Å². The molecule has 1 heterocycles. The zero-order valence-corrected chi connectivity index (χ0v) is 13.4. The topological polar surface area (TPSA) is 68.5 Å². The van der Waals surface area contributed by atoms with Gasteiger partial charge in [0.15, 0.2) is 18.5 Å². The fourth-order valence-electron chi connectivity index (χ4n) is 2.72. The molecule has 0 atom stereocenters. The van der Waals surface area contributed by atoms with Gasteiger partial charge in [-0.1, -0.05) is 42.5 Å². The molecule has 118 valence electrons. The highest BCUT2D eigenvalue weighted by Gasteiger charge is 2.22. The number of rotatable bonds is 4. The Morgan fingerprint density at radius 3 is 2.24 bits per heavy atom. The zero-order chi connectivity index (χ0) is 17.6. The Kier molecular flexibility index (Phi) is 4.65. The third-order valence-corrected chi connectivity index (χ3v) is 3.95. The highest BCUT2D eigenvalue weighted by Crippen LogP contribution is 2.15. The van der Waals surface area contributed by atoms with Crippen molar-refractivity contribution in [1.82, 2.24) is 0 Å². The van der Waals surface area contributed by atoms with Crippen LogP contribution in [0.25, 0.3) is 10.9 Å². The predicted molar refractivity (Wildman–Crippen MR) is 93.2 cm³/mol. The lowest BCUT2D eigenvalue weighted by Crippen LogP contribution is -2.37. The minimum absolute atomic E-state index is 0.158. The highest BCUT2D eigenvalue weighted by molar-refractivity contribution is 6.09. The number of hydrogen-bond acceptors (Lipinski definition) is 3. The second kappa shape index (κ2) is 7.21. The molecule has 0 saturated carbocycles. The summed E-state index contributed by atoms with van der Waals surface area (Å²) in [5.41, 5.74) is 1.42. The Hall–Kier alpha value is -3.76. The molecule has 0 spiro atoms. The molecule has 2 aromatic carbocycles. The molecule has 0 N–H and O–H groups in total. The van der Waals surface area contributed by atoms with E-state index in [1.54, 1.807) is 24.3 Å². The summed E-state index contributed by atoms with van der Waals surface area (Å²) >= 11 is 0. The van der Waals surface area contributed by atoms with Crippen LogP contribution in [0.15, 0.2) is 84.1 Å². The molecule has 3 rings (SSSR count). The first-order valence-electron chi connectivity index (χ1n) is 7.75. The molecular weight excluding hydrogens is 310 g/mol. The van der Waals surface area contributed by atoms with Gasteiger partial charge in [0.2, 0.25) is 5.52 Å². The van der Waals surface area contributed by atoms with Crippen molar-refractivity contribution in [3.05, 3.63) is 89.6 Å². The first-order chi connectivity index (χ1) is 12.2. The number of para-hydroxylation sites is 1. The van der Waals surface area contributed by atoms with Gasteiger partial charge in [0.05, 0.1) is 5.57 Å². The number of aromatic nitrogens is 1. The van der Waals surface area contributed by atoms with Gasteiger partial charge in [-0.05, 0) is 12.1 Å². The van der Waals surface area contributed by atoms with Crippen LogP contribution in [0.1, 0.15) is 10.4 Å². The summed E-state index contributed by atoms with van der Waals surface area (Å²) in [5.74, 6) is -0.306. The van der Waals surface area contributed by atoms with E-state index in [1.807, 2.05) is 65.4 Å². The molecule has 0 bridgehead atoms. The van der Waals surface area contributed by atoms with E-state index >= 15 is 0 Å². The molecule has 0 aliphatic carbocycles. The van der Waals surface area contributed by atoms with E-state index < -0.39 is 0 Å². The van der Waals surface area contributed by atoms with Gasteiger partial charge < -0.3 is 0 Å². The largest absolute Gasteiger partial charge is 0.289 e. The average molecular weight is 324 g/mol. The zero-order valence-electron chi connectivity index (χ0n) is 13.4. The Bertz CT molecular complexity index is 1030. The van der Waals surface area contributed by atoms with Gasteiger partial charge in [-0.15, -0.1) is 0 Å². The van der Waals surface area contributed by atoms with Gasteiger partial charge in [-0.2, -0.15) is 15.1 Å². The lowest BCUT2D eigenvalue weighted by Gasteiger charge is -2.06. The molecule has 0 aliphatic rings. The maximum atomic E-state index is 12.9. The minimum atomic E-state index is -0.306. The number of ketones is 1. The van der Waals surface area contributed by atoms with Gasteiger partial charge in [0.25, 0.3) is 0 Å². The Morgan fingerprint density at radius 2 is 1.52 bits per heavy atom. The van der Waals surface area contributed by atoms with Crippen molar-refractivity contribution in [3.8, 4) is 12.1 Å². The molecular formula is C21H14N3O+. The van der Waals surface area contributed by atoms with Crippen LogP contribution < -0.4 is 4.57 Å². The predicted octanol–water partition coefficient (Wildman–Crippen LogP) is 3.35. The number of fused-ring (bicyclic) bond motifs is 1. The number of Topliss-reactive ketones (excluding diaryl/α,β-unsaturated/α-hetero) is 1. The van der Waals surface area contributed by atoms with Gasteiger partial charge in [-0.3, -0.25) is 4.79 Å². The van der Waals surface area contributed by atoms with Gasteiger partial charge >= 0.3 is 0 Å². The van der Waals surface area contributed by atoms with E-state index in [0.29, 0.717) is 5.56 Å². The summed E-state index contributed by atoms with van der Waals surface area (Å²) in [7, 11) is 0. The van der Waals surface area contributed by atoms with Crippen molar-refractivity contribution in [3.63, 3.8) is 0 Å². The molecule has 4 heteroatoms. The summed E-state index contributed by atoms with van der Waals surface area (Å²) in [6, 6.07) is 24.0. The number of pyridine rings is 1. The highest BCUT2D eigenvalue weighted by atomic mass is 16.1. The molecule has 4 nitrogen and oxygen atoms in total. The number of carbonyl (C=O) groups excluding carboxylic acids is 1. The smallest absolute Gasteiger partial charge is 0.212 e. The second-order valence-electron chi connectivity index (χ2n) is 5.47. The summed E-state index contributed by atoms with van der Waals surface area (Å²) in [5, 5.41) is 19.6. The van der Waals surface area contributed by atoms with Gasteiger partial charge in [0.1, 0.15) is 17.7 Å². The van der Waals surface area contributed by atoms with Crippen molar-refractivity contribution in [1.29, 1.82) is 10.5 Å². The van der Waals surface area contributed by atoms with Crippen molar-refractivity contribution in [2.45, 2.75) is 6.54 Å². The normalized spacial score (nSPS) is 9.84. The van der Waals surface area contributed by atoms with E-state index in [9.17, 15) is 15.3 Å². The Morgan fingerprint density at radius 1 is 0.880 bits per heavy atom. The van der Waals surface area contributed by atoms with Crippen LogP contribution in [-0.4, -0.2) is 5.78 Å². The number of carbonyl (C=O) groups is 1. The fourth-order valence-corrected chi connectivity index (χ4v) is 2.72. The maximum absolute atomic E-state index is 12.9. The number of allylic oxidation sites excluding steroid dienone is 2. The molecule has 25 heavy (non-hydrogen) atoms. The van der Waals surface area contributed by atoms with Crippen LogP contribution in [0, 0.1) is 22.7 Å². The van der Waals surface area contributed by atoms with Crippen LogP contribution >= 0.6 is 0 Å². The molecule has 0 amide bonds. The van der Waals surface area contributed by atoms with Crippen molar-refractivity contribution in [2.75, 3.05) is 0 Å². The lowest BCUT2D eigenvalue weighted by atomic mass is 9.99. The third kappa shape index (κ3) is 3.29. The lowest BCUT2D eigenvalue weighted by molar-refractivity contribution is -0.662. The Balaban J connectivity index is 2.11. The van der Waals surface area contributed by atoms with Crippen LogP contribution in [0.2, 0.25) is 0 Å². The first-order valence-corrected chi connectivity index (χ1v) is 7.75. The van der Waals surface area contributed by atoms with E-state index in [0.717, 1.165) is 10.9 Å². The fraction of sp³-hybridized carbons (Fsp3) is 0.0476. The average Bonchev–Trinajstić information content (AvgIpc) is 2.68. The Labute approximate surface area is 145 Å². The SMILES string of the molecule is N#CC(C#N)=C(C[n+]1cccc2ccccc21)C(=O)c1ccccc1. The molecule has 0 fully saturated rings. The van der Waals surface area contributed by atoms with Crippen LogP contribution in [0.3, 0.4) is 0 Å². The van der Waals surface area contributed by atoms with Crippen molar-refractivity contribution >= 4 is 16.7 Å². The molecule has 0 radical (unpaired) electrons. The van der Waals surface area contributed by atoms with Gasteiger partial charge in [0, 0.05) is 23.1 Å². The minimum Gasteiger partial charge on any atom is -0.289 e. The summed E-state index contributed by atoms with van der Waals surface area (Å²) in [6.07, 6.45) is 1.84. The summed E-state index contributed by atoms with van der Waals surface area (Å²) < 4.78 is 1.88. The van der Waals surface area contributed by atoms with E-state index in [4.69, 9.17) is 0 Å². The number of benzene rings is 2. The molecule has 0 aliphatic heterocycles. The molecule has 0 unspecified atom stereocenters. The summed E-state index contributed by atoms with van der Waals surface area (Å²) in [4.78, 5) is 12.9. The van der Waals surface area contributed by atoms with E-state index in [-0.39, 0.29) is 23.5 Å². The standard InChI is InChI=1S/C21H14N3O/c22-13-18(14-23)19(21(25)17-8-2-1-3-9-17)15-24-12-6-10-16-7-4-5-11-20(16)24/h1-12H,15H2/q+1. The van der Waals surface area contributed by atoms with Crippen LogP contribution in [0.5, 0.6) is 0 Å². The summed E-state index contributed by atoms with van der Waals surface area (Å²) in [6.45, 7) is 0.158. The monoisotopic (exact) mass is 324 g/mol. The van der Waals surface area contributed by atoms with Crippen molar-refractivity contribution < 1.29 is 9.36 Å². The quantitative estimate of drug-likeness (QED) is 0.320. The third-order valence-electron chi connectivity index (χ3n) is 3.95. The molecule has 1 aromatic heterocycles. The molecule has 3 aromatic rings. The maximum Gasteiger partial charge on any atom is 0.212 e. The number of nitrogens with zero attached hydrogens (tertiary/aromatic N) is 3. The first kappa shape index (κ1) is 16.1. The number of nitriles is 2. The van der Waals surface area contributed by atoms with Crippen LogP contribution in [0.4, 0.5) is 0 Å². The van der Waals surface area contributed by atoms with E-state index in [1.165, 1.54) is 0 Å². The molecule has 0 saturated heterocycles. The van der Waals surface area contributed by atoms with Gasteiger partial charge in [-0.25, -0.2) is 0 Å².